The number of hydrogen-bond acceptors (Lipinski definition) is 5. The van der Waals surface area contributed by atoms with Gasteiger partial charge in [-0.25, -0.2) is 0 Å². The highest BCUT2D eigenvalue weighted by atomic mass is 16.6. The number of allylic oxidation sites excluding steroid dienone is 1. The first-order valence-corrected chi connectivity index (χ1v) is 6.67. The van der Waals surface area contributed by atoms with E-state index in [0.29, 0.717) is 28.2 Å². The fraction of sp³-hybridized carbons (Fsp3) is 0.118. The molecule has 0 N–H and O–H groups in total. The van der Waals surface area contributed by atoms with Crippen molar-refractivity contribution in [3.63, 3.8) is 0 Å². The van der Waals surface area contributed by atoms with Crippen molar-refractivity contribution < 1.29 is 14.4 Å². The molecule has 6 nitrogen and oxygen atoms in total. The zero-order valence-corrected chi connectivity index (χ0v) is 12.6. The molecule has 23 heavy (non-hydrogen) atoms. The smallest absolute Gasteiger partial charge is 0.269 e. The Labute approximate surface area is 133 Å². The number of methoxy groups -OCH3 is 2. The van der Waals surface area contributed by atoms with Gasteiger partial charge >= 0.3 is 0 Å². The third-order valence-electron chi connectivity index (χ3n) is 3.25. The van der Waals surface area contributed by atoms with Crippen LogP contribution in [0.3, 0.4) is 0 Å². The van der Waals surface area contributed by atoms with E-state index in [1.54, 1.807) is 43.5 Å². The molecule has 0 radical (unpaired) electrons. The number of benzene rings is 2. The van der Waals surface area contributed by atoms with Crippen molar-refractivity contribution >= 4 is 17.3 Å². The maximum Gasteiger partial charge on any atom is 0.269 e. The molecular weight excluding hydrogens is 296 g/mol. The van der Waals surface area contributed by atoms with Crippen molar-refractivity contribution in [2.45, 2.75) is 0 Å². The van der Waals surface area contributed by atoms with E-state index in [2.05, 4.69) is 6.07 Å². The van der Waals surface area contributed by atoms with Gasteiger partial charge in [0, 0.05) is 17.7 Å². The molecule has 0 saturated carbocycles. The largest absolute Gasteiger partial charge is 0.497 e. The van der Waals surface area contributed by atoms with Crippen LogP contribution in [0.5, 0.6) is 11.5 Å². The van der Waals surface area contributed by atoms with E-state index in [1.807, 2.05) is 0 Å². The van der Waals surface area contributed by atoms with E-state index < -0.39 is 4.92 Å². The molecule has 0 aliphatic rings. The van der Waals surface area contributed by atoms with Crippen molar-refractivity contribution in [3.8, 4) is 17.6 Å². The Morgan fingerprint density at radius 1 is 1.17 bits per heavy atom. The van der Waals surface area contributed by atoms with Gasteiger partial charge in [0.05, 0.1) is 30.8 Å². The van der Waals surface area contributed by atoms with Crippen molar-refractivity contribution in [2.75, 3.05) is 14.2 Å². The molecule has 0 heterocycles. The quantitative estimate of drug-likeness (QED) is 0.364. The Morgan fingerprint density at radius 3 is 2.39 bits per heavy atom. The highest BCUT2D eigenvalue weighted by molar-refractivity contribution is 5.91. The summed E-state index contributed by atoms with van der Waals surface area (Å²) in [6.07, 6.45) is 1.66. The maximum atomic E-state index is 10.7. The van der Waals surface area contributed by atoms with E-state index in [0.717, 1.165) is 0 Å². The van der Waals surface area contributed by atoms with Gasteiger partial charge in [-0.2, -0.15) is 5.26 Å². The molecule has 0 saturated heterocycles. The summed E-state index contributed by atoms with van der Waals surface area (Å²) < 4.78 is 10.5. The van der Waals surface area contributed by atoms with E-state index in [9.17, 15) is 15.4 Å². The van der Waals surface area contributed by atoms with E-state index in [-0.39, 0.29) is 5.69 Å². The van der Waals surface area contributed by atoms with Crippen molar-refractivity contribution in [1.82, 2.24) is 0 Å². The fourth-order valence-corrected chi connectivity index (χ4v) is 2.05. The lowest BCUT2D eigenvalue weighted by Crippen LogP contribution is -1.91. The number of ether oxygens (including phenoxy) is 2. The van der Waals surface area contributed by atoms with Gasteiger partial charge in [0.1, 0.15) is 11.5 Å². The van der Waals surface area contributed by atoms with Gasteiger partial charge in [0.25, 0.3) is 5.69 Å². The number of nitrogens with zero attached hydrogens (tertiary/aromatic N) is 2. The monoisotopic (exact) mass is 310 g/mol. The molecule has 0 bridgehead atoms. The molecule has 0 spiro atoms. The van der Waals surface area contributed by atoms with Crippen molar-refractivity contribution in [3.05, 3.63) is 63.7 Å². The molecule has 0 atom stereocenters. The maximum absolute atomic E-state index is 10.7. The fourth-order valence-electron chi connectivity index (χ4n) is 2.05. The van der Waals surface area contributed by atoms with E-state index >= 15 is 0 Å². The first kappa shape index (κ1) is 16.0. The van der Waals surface area contributed by atoms with Gasteiger partial charge in [-0.05, 0) is 42.0 Å². The van der Waals surface area contributed by atoms with Gasteiger partial charge in [0.2, 0.25) is 0 Å². The average Bonchev–Trinajstić information content (AvgIpc) is 2.59. The summed E-state index contributed by atoms with van der Waals surface area (Å²) in [7, 11) is 3.09. The van der Waals surface area contributed by atoms with E-state index in [4.69, 9.17) is 9.47 Å². The number of nitro benzene ring substituents is 1. The highest BCUT2D eigenvalue weighted by Gasteiger charge is 2.09. The SMILES string of the molecule is COc1ccc(OC)c(/C=C(\C#N)c2ccc([N+](=O)[O-])cc2)c1. The van der Waals surface area contributed by atoms with Crippen LogP contribution in [0.2, 0.25) is 0 Å². The van der Waals surface area contributed by atoms with Crippen LogP contribution in [0.15, 0.2) is 42.5 Å². The Morgan fingerprint density at radius 2 is 1.87 bits per heavy atom. The topological polar surface area (TPSA) is 85.4 Å². The molecule has 2 rings (SSSR count). The molecule has 116 valence electrons. The minimum absolute atomic E-state index is 0.0231. The number of rotatable bonds is 5. The Hall–Kier alpha value is -3.33. The standard InChI is InChI=1S/C17H14N2O4/c1-22-16-7-8-17(23-2)13(10-16)9-14(11-18)12-3-5-15(6-4-12)19(20)21/h3-10H,1-2H3/b14-9+. The van der Waals surface area contributed by atoms with Gasteiger partial charge in [-0.3, -0.25) is 10.1 Å². The lowest BCUT2D eigenvalue weighted by molar-refractivity contribution is -0.384. The second kappa shape index (κ2) is 7.09. The zero-order valence-electron chi connectivity index (χ0n) is 12.6. The van der Waals surface area contributed by atoms with Gasteiger partial charge in [-0.15, -0.1) is 0 Å². The predicted molar refractivity (Wildman–Crippen MR) is 86.1 cm³/mol. The summed E-state index contributed by atoms with van der Waals surface area (Å²) in [5.41, 5.74) is 1.61. The second-order valence-electron chi connectivity index (χ2n) is 4.58. The number of non-ortho nitro benzene ring substituents is 1. The van der Waals surface area contributed by atoms with Crippen LogP contribution in [-0.2, 0) is 0 Å². The Bertz CT molecular complexity index is 789. The minimum atomic E-state index is -0.482. The first-order chi connectivity index (χ1) is 11.1. The second-order valence-corrected chi connectivity index (χ2v) is 4.58. The van der Waals surface area contributed by atoms with Crippen molar-refractivity contribution in [2.24, 2.45) is 0 Å². The summed E-state index contributed by atoms with van der Waals surface area (Å²) >= 11 is 0. The third kappa shape index (κ3) is 3.66. The molecule has 0 unspecified atom stereocenters. The third-order valence-corrected chi connectivity index (χ3v) is 3.25. The molecule has 2 aromatic rings. The molecule has 0 aromatic heterocycles. The number of nitriles is 1. The number of hydrogen-bond donors (Lipinski definition) is 0. The van der Waals surface area contributed by atoms with Crippen LogP contribution < -0.4 is 9.47 Å². The lowest BCUT2D eigenvalue weighted by atomic mass is 10.0. The molecule has 6 heteroatoms. The van der Waals surface area contributed by atoms with Crippen LogP contribution in [0.4, 0.5) is 5.69 Å². The molecular formula is C17H14N2O4. The summed E-state index contributed by atoms with van der Waals surface area (Å²) in [6.45, 7) is 0. The summed E-state index contributed by atoms with van der Waals surface area (Å²) in [4.78, 5) is 10.2. The van der Waals surface area contributed by atoms with Crippen LogP contribution in [0.1, 0.15) is 11.1 Å². The lowest BCUT2D eigenvalue weighted by Gasteiger charge is -2.08. The number of nitro groups is 1. The average molecular weight is 310 g/mol. The molecule has 0 aliphatic carbocycles. The summed E-state index contributed by atoms with van der Waals surface area (Å²) in [5.74, 6) is 1.23. The Kier molecular flexibility index (Phi) is 4.95. The summed E-state index contributed by atoms with van der Waals surface area (Å²) in [6, 6.07) is 13.2. The zero-order chi connectivity index (χ0) is 16.8. The van der Waals surface area contributed by atoms with Crippen molar-refractivity contribution in [1.29, 1.82) is 5.26 Å². The van der Waals surface area contributed by atoms with Crippen LogP contribution in [0.25, 0.3) is 11.6 Å². The predicted octanol–water partition coefficient (Wildman–Crippen LogP) is 3.68. The van der Waals surface area contributed by atoms with Crippen LogP contribution in [-0.4, -0.2) is 19.1 Å². The first-order valence-electron chi connectivity index (χ1n) is 6.67. The van der Waals surface area contributed by atoms with Crippen LogP contribution in [0, 0.1) is 21.4 Å². The minimum Gasteiger partial charge on any atom is -0.497 e. The highest BCUT2D eigenvalue weighted by Crippen LogP contribution is 2.28. The van der Waals surface area contributed by atoms with Gasteiger partial charge in [0.15, 0.2) is 0 Å². The van der Waals surface area contributed by atoms with Gasteiger partial charge in [-0.1, -0.05) is 0 Å². The Balaban J connectivity index is 2.46. The normalized spacial score (nSPS) is 10.7. The van der Waals surface area contributed by atoms with Gasteiger partial charge < -0.3 is 9.47 Å². The van der Waals surface area contributed by atoms with E-state index in [1.165, 1.54) is 19.2 Å². The molecule has 0 aliphatic heterocycles. The summed E-state index contributed by atoms with van der Waals surface area (Å²) in [5, 5.41) is 20.1. The molecule has 0 amide bonds. The molecule has 2 aromatic carbocycles. The molecule has 0 fully saturated rings. The van der Waals surface area contributed by atoms with Crippen LogP contribution >= 0.6 is 0 Å².